The highest BCUT2D eigenvalue weighted by Crippen LogP contribution is 2.27. The summed E-state index contributed by atoms with van der Waals surface area (Å²) in [7, 11) is 0. The third-order valence-corrected chi connectivity index (χ3v) is 6.62. The van der Waals surface area contributed by atoms with E-state index >= 15 is 0 Å². The second-order valence-corrected chi connectivity index (χ2v) is 9.47. The van der Waals surface area contributed by atoms with Crippen LogP contribution < -0.4 is 26.4 Å². The lowest BCUT2D eigenvalue weighted by molar-refractivity contribution is -0.137. The lowest BCUT2D eigenvalue weighted by atomic mass is 10.0. The summed E-state index contributed by atoms with van der Waals surface area (Å²) in [5.41, 5.74) is 1.82. The Kier molecular flexibility index (Phi) is 8.41. The van der Waals surface area contributed by atoms with Gasteiger partial charge in [0.1, 0.15) is 23.2 Å². The van der Waals surface area contributed by atoms with Crippen molar-refractivity contribution in [1.29, 1.82) is 0 Å². The van der Waals surface area contributed by atoms with Gasteiger partial charge in [0.2, 0.25) is 0 Å². The molecule has 0 aliphatic rings. The minimum Gasteiger partial charge on any atom is -0.480 e. The van der Waals surface area contributed by atoms with E-state index in [2.05, 4.69) is 29.7 Å². The molecule has 0 amide bonds. The van der Waals surface area contributed by atoms with E-state index in [9.17, 15) is 19.5 Å². The minimum absolute atomic E-state index is 0.108. The smallest absolute Gasteiger partial charge is 0.326 e. The molecule has 198 valence electrons. The summed E-state index contributed by atoms with van der Waals surface area (Å²) in [6.45, 7) is 7.33. The van der Waals surface area contributed by atoms with Crippen LogP contribution in [0.1, 0.15) is 44.9 Å². The molecule has 0 bridgehead atoms. The number of carboxylic acid groups (broad SMARTS) is 1. The Balaban J connectivity index is 1.51. The van der Waals surface area contributed by atoms with E-state index in [1.54, 1.807) is 0 Å². The van der Waals surface area contributed by atoms with E-state index in [-0.39, 0.29) is 12.1 Å². The Morgan fingerprint density at radius 1 is 0.974 bits per heavy atom. The van der Waals surface area contributed by atoms with Crippen molar-refractivity contribution in [3.8, 4) is 0 Å². The Morgan fingerprint density at radius 2 is 1.66 bits per heavy atom. The first-order valence-electron chi connectivity index (χ1n) is 13.2. The Labute approximate surface area is 222 Å². The number of aliphatic carboxylic acids is 1. The summed E-state index contributed by atoms with van der Waals surface area (Å²) in [5.74, 6) is -0.315. The quantitative estimate of drug-likeness (QED) is 0.217. The fourth-order valence-electron chi connectivity index (χ4n) is 4.69. The Hall–Kier alpha value is -4.20. The van der Waals surface area contributed by atoms with Gasteiger partial charge in [0, 0.05) is 36.3 Å². The van der Waals surface area contributed by atoms with E-state index in [1.165, 1.54) is 0 Å². The summed E-state index contributed by atoms with van der Waals surface area (Å²) in [6.07, 6.45) is 2.61. The van der Waals surface area contributed by atoms with Crippen LogP contribution in [-0.2, 0) is 17.6 Å². The number of rotatable bonds is 13. The fraction of sp³-hybridized carbons (Fsp3) is 0.333. The highest BCUT2D eigenvalue weighted by Gasteiger charge is 2.29. The van der Waals surface area contributed by atoms with Gasteiger partial charge in [0.25, 0.3) is 10.9 Å². The topological polar surface area (TPSA) is 112 Å². The van der Waals surface area contributed by atoms with Gasteiger partial charge in [0.05, 0.1) is 0 Å². The third kappa shape index (κ3) is 5.69. The number of aryl methyl sites for hydroxylation is 1. The Bertz CT molecular complexity index is 1480. The van der Waals surface area contributed by atoms with Crippen molar-refractivity contribution in [2.24, 2.45) is 0 Å². The van der Waals surface area contributed by atoms with Crippen LogP contribution in [0.4, 0.5) is 22.9 Å². The number of carbonyl (C=O) groups is 1. The summed E-state index contributed by atoms with van der Waals surface area (Å²) >= 11 is 0. The summed E-state index contributed by atoms with van der Waals surface area (Å²) < 4.78 is 0. The SMILES string of the molecule is CCCN(CCC)c1c(N[C@@H](Cc2ccc(Nc3nc(CC)cc4ccccc34)cc2)C(=O)O)c(=O)c1=O. The summed E-state index contributed by atoms with van der Waals surface area (Å²) in [5, 5.41) is 18.3. The molecule has 0 fully saturated rings. The van der Waals surface area contributed by atoms with Crippen molar-refractivity contribution < 1.29 is 9.90 Å². The first-order chi connectivity index (χ1) is 18.4. The first-order valence-corrected chi connectivity index (χ1v) is 13.2. The van der Waals surface area contributed by atoms with Gasteiger partial charge < -0.3 is 20.6 Å². The maximum atomic E-state index is 12.3. The van der Waals surface area contributed by atoms with Crippen LogP contribution in [0.15, 0.2) is 64.2 Å². The number of hydrogen-bond donors (Lipinski definition) is 3. The van der Waals surface area contributed by atoms with Crippen molar-refractivity contribution >= 4 is 39.6 Å². The molecular formula is C30H34N4O4. The summed E-state index contributed by atoms with van der Waals surface area (Å²) in [4.78, 5) is 43.4. The van der Waals surface area contributed by atoms with Crippen LogP contribution in [0.3, 0.4) is 0 Å². The first kappa shape index (κ1) is 26.9. The van der Waals surface area contributed by atoms with Crippen LogP contribution in [-0.4, -0.2) is 35.2 Å². The molecule has 0 aliphatic carbocycles. The molecule has 0 radical (unpaired) electrons. The molecule has 4 aromatic rings. The maximum absolute atomic E-state index is 12.3. The highest BCUT2D eigenvalue weighted by molar-refractivity contribution is 5.93. The number of nitrogens with zero attached hydrogens (tertiary/aromatic N) is 2. The van der Waals surface area contributed by atoms with Gasteiger partial charge >= 0.3 is 5.97 Å². The van der Waals surface area contributed by atoms with Crippen molar-refractivity contribution in [2.75, 3.05) is 28.6 Å². The predicted molar refractivity (Wildman–Crippen MR) is 154 cm³/mol. The number of carboxylic acids is 1. The number of fused-ring (bicyclic) bond motifs is 1. The van der Waals surface area contributed by atoms with Gasteiger partial charge in [-0.15, -0.1) is 0 Å². The van der Waals surface area contributed by atoms with Gasteiger partial charge in [-0.05, 0) is 48.4 Å². The summed E-state index contributed by atoms with van der Waals surface area (Å²) in [6, 6.07) is 16.6. The second-order valence-electron chi connectivity index (χ2n) is 9.47. The number of anilines is 4. The average molecular weight is 515 g/mol. The van der Waals surface area contributed by atoms with Crippen LogP contribution in [0.25, 0.3) is 10.8 Å². The largest absolute Gasteiger partial charge is 0.480 e. The average Bonchev–Trinajstić information content (AvgIpc) is 2.92. The number of nitrogens with one attached hydrogen (secondary N) is 2. The lowest BCUT2D eigenvalue weighted by Gasteiger charge is -2.28. The molecule has 1 aromatic heterocycles. The standard InChI is InChI=1S/C30H34N4O4/c1-4-15-34(16-5-2)26-25(27(35)28(26)36)33-24(30(37)38)17-19-11-13-22(14-12-19)32-29-23-10-8-7-9-20(23)18-21(6-3)31-29/h7-14,18,24,33H,4-6,15-17H2,1-3H3,(H,31,32)(H,37,38)/t24-/m0/s1. The van der Waals surface area contributed by atoms with E-state index < -0.39 is 22.9 Å². The molecule has 8 nitrogen and oxygen atoms in total. The van der Waals surface area contributed by atoms with Crippen LogP contribution in [0.2, 0.25) is 0 Å². The zero-order valence-corrected chi connectivity index (χ0v) is 22.1. The fourth-order valence-corrected chi connectivity index (χ4v) is 4.69. The maximum Gasteiger partial charge on any atom is 0.326 e. The van der Waals surface area contributed by atoms with Crippen LogP contribution in [0, 0.1) is 0 Å². The molecule has 0 saturated carbocycles. The normalized spacial score (nSPS) is 12.0. The van der Waals surface area contributed by atoms with Gasteiger partial charge in [-0.25, -0.2) is 9.78 Å². The molecule has 1 heterocycles. The number of benzene rings is 2. The molecule has 1 atom stereocenters. The van der Waals surface area contributed by atoms with Crippen molar-refractivity contribution in [1.82, 2.24) is 4.98 Å². The zero-order chi connectivity index (χ0) is 27.2. The molecular weight excluding hydrogens is 480 g/mol. The monoisotopic (exact) mass is 514 g/mol. The van der Waals surface area contributed by atoms with Crippen molar-refractivity contribution in [3.05, 3.63) is 86.3 Å². The molecule has 38 heavy (non-hydrogen) atoms. The van der Waals surface area contributed by atoms with Gasteiger partial charge in [0.15, 0.2) is 0 Å². The molecule has 0 unspecified atom stereocenters. The van der Waals surface area contributed by atoms with E-state index in [0.29, 0.717) is 18.8 Å². The van der Waals surface area contributed by atoms with E-state index in [1.807, 2.05) is 61.2 Å². The number of pyridine rings is 1. The molecule has 0 spiro atoms. The highest BCUT2D eigenvalue weighted by atomic mass is 16.4. The predicted octanol–water partition coefficient (Wildman–Crippen LogP) is 4.87. The van der Waals surface area contributed by atoms with Gasteiger partial charge in [-0.3, -0.25) is 9.59 Å². The van der Waals surface area contributed by atoms with Gasteiger partial charge in [-0.1, -0.05) is 57.2 Å². The third-order valence-electron chi connectivity index (χ3n) is 6.62. The van der Waals surface area contributed by atoms with Crippen molar-refractivity contribution in [3.63, 3.8) is 0 Å². The molecule has 8 heteroatoms. The van der Waals surface area contributed by atoms with Crippen LogP contribution >= 0.6 is 0 Å². The molecule has 3 N–H and O–H groups in total. The minimum atomic E-state index is -1.09. The van der Waals surface area contributed by atoms with E-state index in [0.717, 1.165) is 52.8 Å². The van der Waals surface area contributed by atoms with Gasteiger partial charge in [-0.2, -0.15) is 0 Å². The second kappa shape index (κ2) is 11.9. The lowest BCUT2D eigenvalue weighted by Crippen LogP contribution is -2.46. The number of aromatic nitrogens is 1. The molecule has 3 aromatic carbocycles. The molecule has 0 saturated heterocycles. The zero-order valence-electron chi connectivity index (χ0n) is 22.1. The van der Waals surface area contributed by atoms with Crippen molar-refractivity contribution in [2.45, 2.75) is 52.5 Å². The number of hydrogen-bond acceptors (Lipinski definition) is 7. The molecule has 0 aliphatic heterocycles. The van der Waals surface area contributed by atoms with E-state index in [4.69, 9.17) is 4.98 Å². The van der Waals surface area contributed by atoms with Crippen LogP contribution in [0.5, 0.6) is 0 Å². The molecule has 4 rings (SSSR count). The Morgan fingerprint density at radius 3 is 2.29 bits per heavy atom.